The highest BCUT2D eigenvalue weighted by atomic mass is 32.2. The van der Waals surface area contributed by atoms with Crippen molar-refractivity contribution >= 4 is 22.8 Å². The monoisotopic (exact) mass is 237 g/mol. The van der Waals surface area contributed by atoms with Gasteiger partial charge in [0.1, 0.15) is 5.65 Å². The van der Waals surface area contributed by atoms with Gasteiger partial charge in [0.15, 0.2) is 0 Å². The van der Waals surface area contributed by atoms with Crippen LogP contribution < -0.4 is 11.2 Å². The molecule has 2 aromatic heterocycles. The van der Waals surface area contributed by atoms with Crippen LogP contribution in [0.2, 0.25) is 0 Å². The summed E-state index contributed by atoms with van der Waals surface area (Å²) in [7, 11) is 3.09. The minimum absolute atomic E-state index is 0.296. The summed E-state index contributed by atoms with van der Waals surface area (Å²) in [5.41, 5.74) is -0.223. The van der Waals surface area contributed by atoms with Crippen molar-refractivity contribution in [2.24, 2.45) is 14.1 Å². The van der Waals surface area contributed by atoms with Gasteiger partial charge in [0.05, 0.1) is 5.39 Å². The van der Waals surface area contributed by atoms with Crippen LogP contribution in [0.5, 0.6) is 0 Å². The number of aryl methyl sites for hydroxylation is 1. The van der Waals surface area contributed by atoms with E-state index in [0.717, 1.165) is 9.46 Å². The largest absolute Gasteiger partial charge is 0.332 e. The fraction of sp³-hybridized carbons (Fsp3) is 0.300. The van der Waals surface area contributed by atoms with Gasteiger partial charge in [0.25, 0.3) is 5.56 Å². The van der Waals surface area contributed by atoms with E-state index in [2.05, 4.69) is 4.98 Å². The molecule has 0 aliphatic carbocycles. The fourth-order valence-electron chi connectivity index (χ4n) is 1.63. The maximum Gasteiger partial charge on any atom is 0.332 e. The summed E-state index contributed by atoms with van der Waals surface area (Å²) in [6, 6.07) is 1.78. The number of rotatable bonds is 1. The Morgan fingerprint density at radius 1 is 1.25 bits per heavy atom. The summed E-state index contributed by atoms with van der Waals surface area (Å²) in [6.07, 6.45) is 3.49. The number of thioether (sulfide) groups is 1. The SMILES string of the molecule is CSc1ccnc2c1c(=O)n(C)c(=O)n2C. The third kappa shape index (κ3) is 1.37. The van der Waals surface area contributed by atoms with E-state index in [1.165, 1.54) is 23.4 Å². The molecule has 2 rings (SSSR count). The molecule has 0 aliphatic rings. The van der Waals surface area contributed by atoms with E-state index in [1.807, 2.05) is 6.26 Å². The lowest BCUT2D eigenvalue weighted by Crippen LogP contribution is -2.37. The van der Waals surface area contributed by atoms with E-state index in [4.69, 9.17) is 0 Å². The number of nitrogens with zero attached hydrogens (tertiary/aromatic N) is 3. The second-order valence-corrected chi connectivity index (χ2v) is 4.27. The van der Waals surface area contributed by atoms with E-state index < -0.39 is 0 Å². The van der Waals surface area contributed by atoms with Crippen LogP contribution in [-0.2, 0) is 14.1 Å². The zero-order chi connectivity index (χ0) is 11.9. The summed E-state index contributed by atoms with van der Waals surface area (Å²) in [5, 5.41) is 0.500. The molecule has 5 nitrogen and oxygen atoms in total. The highest BCUT2D eigenvalue weighted by Gasteiger charge is 2.12. The van der Waals surface area contributed by atoms with Crippen LogP contribution in [-0.4, -0.2) is 20.4 Å². The molecule has 0 bridgehead atoms. The summed E-state index contributed by atoms with van der Waals surface area (Å²) < 4.78 is 2.49. The molecule has 0 spiro atoms. The lowest BCUT2D eigenvalue weighted by atomic mass is 10.3. The molecule has 0 saturated carbocycles. The predicted molar refractivity (Wildman–Crippen MR) is 64.0 cm³/mol. The van der Waals surface area contributed by atoms with E-state index in [1.54, 1.807) is 19.3 Å². The van der Waals surface area contributed by atoms with E-state index in [0.29, 0.717) is 11.0 Å². The molecule has 0 amide bonds. The van der Waals surface area contributed by atoms with Gasteiger partial charge in [-0.2, -0.15) is 0 Å². The minimum atomic E-state index is -0.358. The number of fused-ring (bicyclic) bond motifs is 1. The summed E-state index contributed by atoms with van der Waals surface area (Å²) in [5.74, 6) is 0. The average molecular weight is 237 g/mol. The van der Waals surface area contributed by atoms with Crippen LogP contribution in [0.4, 0.5) is 0 Å². The van der Waals surface area contributed by atoms with Gasteiger partial charge in [0.2, 0.25) is 0 Å². The van der Waals surface area contributed by atoms with E-state index in [9.17, 15) is 9.59 Å². The van der Waals surface area contributed by atoms with Crippen molar-refractivity contribution in [3.63, 3.8) is 0 Å². The van der Waals surface area contributed by atoms with Gasteiger partial charge in [-0.1, -0.05) is 0 Å². The summed E-state index contributed by atoms with van der Waals surface area (Å²) >= 11 is 1.47. The molecule has 0 saturated heterocycles. The molecule has 0 N–H and O–H groups in total. The molecule has 0 unspecified atom stereocenters. The first-order valence-corrected chi connectivity index (χ1v) is 5.89. The Hall–Kier alpha value is -1.56. The van der Waals surface area contributed by atoms with Gasteiger partial charge >= 0.3 is 5.69 Å². The van der Waals surface area contributed by atoms with Gasteiger partial charge in [0, 0.05) is 25.2 Å². The average Bonchev–Trinajstić information content (AvgIpc) is 2.32. The molecule has 16 heavy (non-hydrogen) atoms. The zero-order valence-electron chi connectivity index (χ0n) is 9.22. The minimum Gasteiger partial charge on any atom is -0.280 e. The number of pyridine rings is 1. The summed E-state index contributed by atoms with van der Waals surface area (Å²) in [6.45, 7) is 0. The molecular weight excluding hydrogens is 226 g/mol. The van der Waals surface area contributed by atoms with Crippen molar-refractivity contribution in [3.05, 3.63) is 33.1 Å². The number of hydrogen-bond acceptors (Lipinski definition) is 4. The molecular formula is C10H11N3O2S. The lowest BCUT2D eigenvalue weighted by Gasteiger charge is -2.08. The number of aromatic nitrogens is 3. The lowest BCUT2D eigenvalue weighted by molar-refractivity contribution is 0.706. The Labute approximate surface area is 95.7 Å². The highest BCUT2D eigenvalue weighted by molar-refractivity contribution is 7.98. The predicted octanol–water partition coefficient (Wildman–Crippen LogP) is 0.354. The Kier molecular flexibility index (Phi) is 2.59. The van der Waals surface area contributed by atoms with Crippen molar-refractivity contribution in [2.75, 3.05) is 6.26 Å². The van der Waals surface area contributed by atoms with E-state index in [-0.39, 0.29) is 11.2 Å². The number of hydrogen-bond donors (Lipinski definition) is 0. The van der Waals surface area contributed by atoms with Gasteiger partial charge < -0.3 is 0 Å². The van der Waals surface area contributed by atoms with Crippen molar-refractivity contribution in [3.8, 4) is 0 Å². The molecule has 0 radical (unpaired) electrons. The van der Waals surface area contributed by atoms with Crippen molar-refractivity contribution in [1.29, 1.82) is 0 Å². The molecule has 0 aliphatic heterocycles. The fourth-order valence-corrected chi connectivity index (χ4v) is 2.21. The molecule has 2 aromatic rings. The van der Waals surface area contributed by atoms with Crippen LogP contribution in [0.15, 0.2) is 26.7 Å². The van der Waals surface area contributed by atoms with Gasteiger partial charge in [-0.15, -0.1) is 11.8 Å². The van der Waals surface area contributed by atoms with Gasteiger partial charge in [-0.3, -0.25) is 13.9 Å². The molecule has 2 heterocycles. The van der Waals surface area contributed by atoms with Crippen LogP contribution in [0.25, 0.3) is 11.0 Å². The van der Waals surface area contributed by atoms with Crippen LogP contribution >= 0.6 is 11.8 Å². The van der Waals surface area contributed by atoms with Crippen molar-refractivity contribution in [1.82, 2.24) is 14.1 Å². The van der Waals surface area contributed by atoms with E-state index >= 15 is 0 Å². The van der Waals surface area contributed by atoms with Crippen LogP contribution in [0, 0.1) is 0 Å². The zero-order valence-corrected chi connectivity index (χ0v) is 10.0. The smallest absolute Gasteiger partial charge is 0.280 e. The quantitative estimate of drug-likeness (QED) is 0.672. The summed E-state index contributed by atoms with van der Waals surface area (Å²) in [4.78, 5) is 28.6. The maximum absolute atomic E-state index is 12.0. The molecule has 6 heteroatoms. The Morgan fingerprint density at radius 3 is 2.56 bits per heavy atom. The maximum atomic E-state index is 12.0. The van der Waals surface area contributed by atoms with Crippen molar-refractivity contribution in [2.45, 2.75) is 4.90 Å². The third-order valence-electron chi connectivity index (χ3n) is 2.52. The first-order chi connectivity index (χ1) is 7.57. The first-order valence-electron chi connectivity index (χ1n) is 4.66. The molecule has 0 aromatic carbocycles. The standard InChI is InChI=1S/C10H11N3O2S/c1-12-8-7(6(16-3)4-5-11-8)9(14)13(2)10(12)15/h4-5H,1-3H3. The van der Waals surface area contributed by atoms with Crippen LogP contribution in [0.3, 0.4) is 0 Å². The second kappa shape index (κ2) is 3.79. The topological polar surface area (TPSA) is 56.9 Å². The molecule has 0 fully saturated rings. The Bertz CT molecular complexity index is 672. The first kappa shape index (κ1) is 10.9. The molecule has 0 atom stereocenters. The van der Waals surface area contributed by atoms with Gasteiger partial charge in [-0.25, -0.2) is 9.78 Å². The third-order valence-corrected chi connectivity index (χ3v) is 3.30. The highest BCUT2D eigenvalue weighted by Crippen LogP contribution is 2.20. The van der Waals surface area contributed by atoms with Gasteiger partial charge in [-0.05, 0) is 12.3 Å². The Balaban J connectivity index is 3.15. The Morgan fingerprint density at radius 2 is 1.94 bits per heavy atom. The van der Waals surface area contributed by atoms with Crippen LogP contribution in [0.1, 0.15) is 0 Å². The second-order valence-electron chi connectivity index (χ2n) is 3.42. The normalized spacial score (nSPS) is 10.9. The molecule has 84 valence electrons. The van der Waals surface area contributed by atoms with Crippen molar-refractivity contribution < 1.29 is 0 Å².